The molecule has 0 amide bonds. The fourth-order valence-electron chi connectivity index (χ4n) is 1.62. The Morgan fingerprint density at radius 1 is 1.07 bits per heavy atom. The number of carbonyl (C=O) groups excluding carboxylic acids is 1. The first-order chi connectivity index (χ1) is 13.0. The Morgan fingerprint density at radius 3 is 1.93 bits per heavy atom. The number of carboxylic acid groups (broad SMARTS) is 2. The van der Waals surface area contributed by atoms with Crippen LogP contribution in [0.25, 0.3) is 0 Å². The van der Waals surface area contributed by atoms with Crippen LogP contribution in [0, 0.1) is 0 Å². The summed E-state index contributed by atoms with van der Waals surface area (Å²) in [6.45, 7) is 1.86. The molecule has 1 aromatic rings. The molecule has 0 heterocycles. The van der Waals surface area contributed by atoms with Gasteiger partial charge in [-0.2, -0.15) is 0 Å². The van der Waals surface area contributed by atoms with Crippen LogP contribution in [0.3, 0.4) is 0 Å². The molecule has 28 heavy (non-hydrogen) atoms. The average Bonchev–Trinajstić information content (AvgIpc) is 2.61. The molecule has 0 aliphatic rings. The highest BCUT2D eigenvalue weighted by Gasteiger charge is 2.11. The monoisotopic (exact) mass is 399 g/mol. The van der Waals surface area contributed by atoms with Crippen molar-refractivity contribution in [2.45, 2.75) is 38.3 Å². The summed E-state index contributed by atoms with van der Waals surface area (Å²) in [7, 11) is 0. The molecule has 11 N–H and O–H groups in total. The maximum atomic E-state index is 10.4. The lowest BCUT2D eigenvalue weighted by atomic mass is 10.1. The van der Waals surface area contributed by atoms with E-state index in [0.29, 0.717) is 19.4 Å². The van der Waals surface area contributed by atoms with Crippen LogP contribution in [0.1, 0.15) is 25.3 Å². The zero-order valence-corrected chi connectivity index (χ0v) is 15.7. The van der Waals surface area contributed by atoms with E-state index in [0.717, 1.165) is 11.8 Å². The molecule has 0 spiro atoms. The summed E-state index contributed by atoms with van der Waals surface area (Å²) in [4.78, 5) is 33.1. The number of phenolic OH excluding ortho intramolecular Hbond substituents is 1. The van der Waals surface area contributed by atoms with Crippen molar-refractivity contribution in [2.24, 2.45) is 27.9 Å². The lowest BCUT2D eigenvalue weighted by Gasteiger charge is -2.05. The number of hydrogen-bond acceptors (Lipinski definition) is 7. The Hall–Kier alpha value is -3.18. The van der Waals surface area contributed by atoms with Crippen LogP contribution >= 0.6 is 0 Å². The van der Waals surface area contributed by atoms with E-state index in [1.807, 2.05) is 0 Å². The third-order valence-electron chi connectivity index (χ3n) is 2.99. The lowest BCUT2D eigenvalue weighted by molar-refractivity contribution is -0.139. The van der Waals surface area contributed by atoms with Crippen LogP contribution in [0.15, 0.2) is 29.3 Å². The summed E-state index contributed by atoms with van der Waals surface area (Å²) < 4.78 is 0. The molecule has 1 rings (SSSR count). The fourth-order valence-corrected chi connectivity index (χ4v) is 1.62. The average molecular weight is 399 g/mol. The van der Waals surface area contributed by atoms with Gasteiger partial charge in [-0.3, -0.25) is 14.6 Å². The van der Waals surface area contributed by atoms with Crippen molar-refractivity contribution in [1.29, 1.82) is 0 Å². The van der Waals surface area contributed by atoms with Crippen molar-refractivity contribution in [1.82, 2.24) is 0 Å². The van der Waals surface area contributed by atoms with E-state index in [1.165, 1.54) is 19.1 Å². The molecule has 11 heteroatoms. The van der Waals surface area contributed by atoms with Gasteiger partial charge in [-0.1, -0.05) is 12.1 Å². The highest BCUT2D eigenvalue weighted by atomic mass is 16.4. The first kappa shape index (κ1) is 27.0. The largest absolute Gasteiger partial charge is 0.508 e. The Balaban J connectivity index is 0. The predicted octanol–water partition coefficient (Wildman–Crippen LogP) is -0.996. The number of hydrogen-bond donors (Lipinski definition) is 7. The molecule has 1 aromatic carbocycles. The highest BCUT2D eigenvalue weighted by molar-refractivity contribution is 5.75. The second kappa shape index (κ2) is 16.0. The minimum absolute atomic E-state index is 0.0129. The molecule has 0 aliphatic carbocycles. The number of benzene rings is 1. The fraction of sp³-hybridized carbons (Fsp3) is 0.412. The SMILES string of the molecule is CC=O.NC(Cc1ccc(O)cc1)C(=O)O.NC(N)=NCCCC(N)C(=O)O. The normalized spacial score (nSPS) is 11.4. The van der Waals surface area contributed by atoms with Gasteiger partial charge >= 0.3 is 11.9 Å². The molecule has 0 bridgehead atoms. The van der Waals surface area contributed by atoms with E-state index in [9.17, 15) is 9.59 Å². The van der Waals surface area contributed by atoms with Gasteiger partial charge in [0.2, 0.25) is 0 Å². The zero-order chi connectivity index (χ0) is 22.1. The number of aromatic hydroxyl groups is 1. The van der Waals surface area contributed by atoms with Gasteiger partial charge in [0.15, 0.2) is 5.96 Å². The van der Waals surface area contributed by atoms with Crippen molar-refractivity contribution in [3.8, 4) is 5.75 Å². The van der Waals surface area contributed by atoms with Gasteiger partial charge in [-0.05, 0) is 43.9 Å². The maximum absolute atomic E-state index is 10.4. The molecule has 0 fully saturated rings. The van der Waals surface area contributed by atoms with Crippen LogP contribution in [0.2, 0.25) is 0 Å². The first-order valence-electron chi connectivity index (χ1n) is 8.24. The van der Waals surface area contributed by atoms with E-state index in [4.69, 9.17) is 43.0 Å². The molecule has 0 saturated carbocycles. The summed E-state index contributed by atoms with van der Waals surface area (Å²) in [5.41, 5.74) is 21.4. The number of carbonyl (C=O) groups is 3. The summed E-state index contributed by atoms with van der Waals surface area (Å²) in [5, 5.41) is 25.9. The topological polar surface area (TPSA) is 228 Å². The number of nitrogens with zero attached hydrogens (tertiary/aromatic N) is 1. The Bertz CT molecular complexity index is 617. The number of carboxylic acids is 2. The summed E-state index contributed by atoms with van der Waals surface area (Å²) in [6, 6.07) is 4.60. The third kappa shape index (κ3) is 16.3. The number of phenols is 1. The number of guanidine groups is 1. The van der Waals surface area contributed by atoms with Crippen LogP contribution < -0.4 is 22.9 Å². The van der Waals surface area contributed by atoms with Crippen LogP contribution in [-0.4, -0.2) is 58.1 Å². The third-order valence-corrected chi connectivity index (χ3v) is 2.99. The first-order valence-corrected chi connectivity index (χ1v) is 8.24. The molecule has 158 valence electrons. The molecule has 11 nitrogen and oxygen atoms in total. The second-order valence-corrected chi connectivity index (χ2v) is 5.44. The van der Waals surface area contributed by atoms with Crippen molar-refractivity contribution < 1.29 is 29.7 Å². The van der Waals surface area contributed by atoms with Crippen LogP contribution in [-0.2, 0) is 20.8 Å². The smallest absolute Gasteiger partial charge is 0.320 e. The summed E-state index contributed by atoms with van der Waals surface area (Å²) in [6.07, 6.45) is 1.98. The standard InChI is InChI=1S/C9H11NO3.C6H14N4O2.C2H4O/c10-8(9(12)13)5-6-1-3-7(11)4-2-6;7-4(5(11)12)2-1-3-10-6(8)9;1-2-3/h1-4,8,11H,5,10H2,(H,12,13);4H,1-3,7H2,(H,11,12)(H4,8,9,10);2H,1H3. The van der Waals surface area contributed by atoms with Gasteiger partial charge in [-0.15, -0.1) is 0 Å². The number of nitrogens with two attached hydrogens (primary N) is 4. The molecule has 0 radical (unpaired) electrons. The van der Waals surface area contributed by atoms with Crippen molar-refractivity contribution in [2.75, 3.05) is 6.54 Å². The molecule has 0 aliphatic heterocycles. The number of aldehydes is 1. The van der Waals surface area contributed by atoms with Gasteiger partial charge in [0.25, 0.3) is 0 Å². The van der Waals surface area contributed by atoms with Gasteiger partial charge in [0.05, 0.1) is 0 Å². The Labute approximate surface area is 163 Å². The number of aliphatic imine (C=N–C) groups is 1. The molecular weight excluding hydrogens is 370 g/mol. The van der Waals surface area contributed by atoms with Gasteiger partial charge in [-0.25, -0.2) is 0 Å². The summed E-state index contributed by atoms with van der Waals surface area (Å²) in [5.74, 6) is -1.85. The van der Waals surface area contributed by atoms with Gasteiger partial charge < -0.3 is 43.0 Å². The lowest BCUT2D eigenvalue weighted by Crippen LogP contribution is -2.32. The van der Waals surface area contributed by atoms with E-state index >= 15 is 0 Å². The maximum Gasteiger partial charge on any atom is 0.320 e. The van der Waals surface area contributed by atoms with Crippen LogP contribution in [0.4, 0.5) is 0 Å². The van der Waals surface area contributed by atoms with E-state index in [1.54, 1.807) is 12.1 Å². The van der Waals surface area contributed by atoms with Crippen molar-refractivity contribution in [3.05, 3.63) is 29.8 Å². The predicted molar refractivity (Wildman–Crippen MR) is 105 cm³/mol. The minimum atomic E-state index is -1.02. The van der Waals surface area contributed by atoms with Gasteiger partial charge in [0, 0.05) is 6.54 Å². The van der Waals surface area contributed by atoms with Crippen molar-refractivity contribution >= 4 is 24.2 Å². The number of aliphatic carboxylic acids is 2. The van der Waals surface area contributed by atoms with Gasteiger partial charge in [0.1, 0.15) is 24.1 Å². The Kier molecular flexibility index (Phi) is 15.5. The molecule has 0 saturated heterocycles. The van der Waals surface area contributed by atoms with Crippen LogP contribution in [0.5, 0.6) is 5.75 Å². The second-order valence-electron chi connectivity index (χ2n) is 5.44. The highest BCUT2D eigenvalue weighted by Crippen LogP contribution is 2.10. The van der Waals surface area contributed by atoms with E-state index in [-0.39, 0.29) is 18.1 Å². The Morgan fingerprint density at radius 2 is 1.54 bits per heavy atom. The molecule has 0 aromatic heterocycles. The van der Waals surface area contributed by atoms with Crippen molar-refractivity contribution in [3.63, 3.8) is 0 Å². The van der Waals surface area contributed by atoms with E-state index in [2.05, 4.69) is 4.99 Å². The van der Waals surface area contributed by atoms with E-state index < -0.39 is 24.0 Å². The molecule has 2 unspecified atom stereocenters. The molecular formula is C17H29N5O6. The minimum Gasteiger partial charge on any atom is -0.508 e. The summed E-state index contributed by atoms with van der Waals surface area (Å²) >= 11 is 0. The quantitative estimate of drug-likeness (QED) is 0.122. The number of rotatable bonds is 8. The molecule has 2 atom stereocenters. The zero-order valence-electron chi connectivity index (χ0n) is 15.7.